The summed E-state index contributed by atoms with van der Waals surface area (Å²) in [5, 5.41) is 9.37. The Bertz CT molecular complexity index is 686. The molecule has 4 heterocycles. The zero-order valence-corrected chi connectivity index (χ0v) is 18.5. The van der Waals surface area contributed by atoms with Crippen molar-refractivity contribution in [1.82, 2.24) is 14.7 Å². The number of amides is 1. The molecule has 1 N–H and O–H groups in total. The van der Waals surface area contributed by atoms with Crippen molar-refractivity contribution in [2.45, 2.75) is 79.9 Å². The summed E-state index contributed by atoms with van der Waals surface area (Å²) in [6.07, 6.45) is 6.48. The first-order valence-electron chi connectivity index (χ1n) is 10.5. The first-order chi connectivity index (χ1) is 13.7. The van der Waals surface area contributed by atoms with Crippen LogP contribution in [0.1, 0.15) is 39.5 Å². The highest BCUT2D eigenvalue weighted by Gasteiger charge is 2.64. The number of carboxylic acids is 1. The number of likely N-dealkylation sites (N-methyl/N-ethyl adjacent to an activating group) is 1. The molecule has 0 radical (unpaired) electrons. The lowest BCUT2D eigenvalue weighted by Crippen LogP contribution is -2.65. The number of carbonyl (C=O) groups is 2. The van der Waals surface area contributed by atoms with Crippen LogP contribution < -0.4 is 0 Å². The van der Waals surface area contributed by atoms with Gasteiger partial charge in [0.25, 0.3) is 5.91 Å². The van der Waals surface area contributed by atoms with E-state index in [4.69, 9.17) is 4.74 Å². The summed E-state index contributed by atoms with van der Waals surface area (Å²) in [6.45, 7) is 5.48. The van der Waals surface area contributed by atoms with Crippen LogP contribution in [0.25, 0.3) is 0 Å². The largest absolute Gasteiger partial charge is 0.480 e. The molecule has 4 fully saturated rings. The Morgan fingerprint density at radius 2 is 2.00 bits per heavy atom. The molecule has 4 aliphatic heterocycles. The summed E-state index contributed by atoms with van der Waals surface area (Å²) in [6, 6.07) is -0.389. The lowest BCUT2D eigenvalue weighted by molar-refractivity contribution is -0.158. The fourth-order valence-corrected chi connectivity index (χ4v) is 6.79. The van der Waals surface area contributed by atoms with E-state index >= 15 is 0 Å². The number of hydrogen-bond donors (Lipinski definition) is 1. The molecule has 0 aromatic heterocycles. The molecule has 29 heavy (non-hydrogen) atoms. The highest BCUT2D eigenvalue weighted by molar-refractivity contribution is 8.01. The Morgan fingerprint density at radius 1 is 1.34 bits per heavy atom. The third kappa shape index (κ3) is 3.77. The monoisotopic (exact) mass is 424 g/mol. The van der Waals surface area contributed by atoms with Crippen molar-refractivity contribution >= 4 is 30.0 Å². The van der Waals surface area contributed by atoms with E-state index in [1.165, 1.54) is 4.90 Å². The van der Waals surface area contributed by atoms with Crippen LogP contribution in [0.2, 0.25) is 0 Å². The third-order valence-corrected chi connectivity index (χ3v) is 8.20. The van der Waals surface area contributed by atoms with Gasteiger partial charge in [0.1, 0.15) is 11.4 Å². The molecule has 0 spiro atoms. The predicted octanol–water partition coefficient (Wildman–Crippen LogP) is 1.10. The predicted molar refractivity (Wildman–Crippen MR) is 112 cm³/mol. The maximum absolute atomic E-state index is 12.6. The zero-order chi connectivity index (χ0) is 20.9. The van der Waals surface area contributed by atoms with Gasteiger partial charge in [-0.15, -0.1) is 11.8 Å². The number of aliphatic imine (C=N–C) groups is 1. The number of carbonyl (C=O) groups excluding carboxylic acids is 1. The van der Waals surface area contributed by atoms with Gasteiger partial charge in [0.15, 0.2) is 6.04 Å². The van der Waals surface area contributed by atoms with E-state index in [1.54, 1.807) is 11.8 Å². The standard InChI is InChI=1S/C20H32N4O4S/c1-20(2)16(19(26)27)24-17(25)15(18(24)29-20)21-11-23-12-5-6-13(23)10-14(9-12)28-8-7-22(3)4/h11-16,18H,5-10H2,1-4H3,(H,26,27)/t12-,13+,14?,15-,16+,18-/m1/s1. The normalized spacial score (nSPS) is 38.0. The van der Waals surface area contributed by atoms with E-state index in [0.29, 0.717) is 18.2 Å². The maximum Gasteiger partial charge on any atom is 0.327 e. The first kappa shape index (κ1) is 20.9. The van der Waals surface area contributed by atoms with Gasteiger partial charge in [-0.25, -0.2) is 4.79 Å². The van der Waals surface area contributed by atoms with E-state index in [-0.39, 0.29) is 11.3 Å². The molecule has 4 saturated heterocycles. The minimum atomic E-state index is -0.935. The fraction of sp³-hybridized carbons (Fsp3) is 0.850. The van der Waals surface area contributed by atoms with Gasteiger partial charge in [0, 0.05) is 23.4 Å². The second kappa shape index (κ2) is 7.74. The van der Waals surface area contributed by atoms with Crippen molar-refractivity contribution < 1.29 is 19.4 Å². The van der Waals surface area contributed by atoms with Crippen LogP contribution in [0.5, 0.6) is 0 Å². The van der Waals surface area contributed by atoms with E-state index in [0.717, 1.165) is 38.8 Å². The molecule has 9 heteroatoms. The minimum Gasteiger partial charge on any atom is -0.480 e. The summed E-state index contributed by atoms with van der Waals surface area (Å²) < 4.78 is 5.58. The van der Waals surface area contributed by atoms with Gasteiger partial charge in [-0.3, -0.25) is 9.79 Å². The molecule has 1 unspecified atom stereocenters. The van der Waals surface area contributed by atoms with Gasteiger partial charge in [-0.2, -0.15) is 0 Å². The van der Waals surface area contributed by atoms with Crippen LogP contribution in [0.3, 0.4) is 0 Å². The van der Waals surface area contributed by atoms with Crippen molar-refractivity contribution in [3.05, 3.63) is 0 Å². The second-order valence-corrected chi connectivity index (χ2v) is 11.2. The van der Waals surface area contributed by atoms with Gasteiger partial charge in [-0.05, 0) is 53.6 Å². The average Bonchev–Trinajstić information content (AvgIpc) is 3.01. The van der Waals surface area contributed by atoms with Gasteiger partial charge < -0.3 is 24.5 Å². The molecule has 162 valence electrons. The smallest absolute Gasteiger partial charge is 0.327 e. The number of aliphatic carboxylic acids is 1. The van der Waals surface area contributed by atoms with Gasteiger partial charge in [-0.1, -0.05) is 0 Å². The number of hydrogen-bond acceptors (Lipinski definition) is 6. The Labute approximate surface area is 176 Å². The minimum absolute atomic E-state index is 0.161. The van der Waals surface area contributed by atoms with Crippen LogP contribution in [-0.2, 0) is 14.3 Å². The Kier molecular flexibility index (Phi) is 5.59. The van der Waals surface area contributed by atoms with Crippen LogP contribution in [-0.4, -0.2) is 106 Å². The number of nitrogens with zero attached hydrogens (tertiary/aromatic N) is 4. The highest BCUT2D eigenvalue weighted by Crippen LogP contribution is 2.51. The lowest BCUT2D eigenvalue weighted by Gasteiger charge is -2.42. The molecule has 0 aliphatic carbocycles. The van der Waals surface area contributed by atoms with Crippen LogP contribution >= 0.6 is 11.8 Å². The molecule has 1 amide bonds. The van der Waals surface area contributed by atoms with Crippen LogP contribution in [0.15, 0.2) is 4.99 Å². The van der Waals surface area contributed by atoms with Crippen molar-refractivity contribution in [1.29, 1.82) is 0 Å². The summed E-state index contributed by atoms with van der Waals surface area (Å²) in [4.78, 5) is 34.8. The number of piperidine rings is 1. The Morgan fingerprint density at radius 3 is 2.59 bits per heavy atom. The third-order valence-electron chi connectivity index (χ3n) is 6.65. The van der Waals surface area contributed by atoms with Crippen molar-refractivity contribution in [3.63, 3.8) is 0 Å². The van der Waals surface area contributed by atoms with Gasteiger partial charge in [0.2, 0.25) is 0 Å². The lowest BCUT2D eigenvalue weighted by atomic mass is 9.96. The molecule has 8 nitrogen and oxygen atoms in total. The summed E-state index contributed by atoms with van der Waals surface area (Å²) >= 11 is 1.55. The number of β-lactam (4-membered cyclic amide) rings is 1. The average molecular weight is 425 g/mol. The molecular weight excluding hydrogens is 392 g/mol. The quantitative estimate of drug-likeness (QED) is 0.372. The number of carboxylic acid groups (broad SMARTS) is 1. The summed E-state index contributed by atoms with van der Waals surface area (Å²) in [5.41, 5.74) is 0. The SMILES string of the molecule is CN(C)CCOC1C[C@H]2CC[C@@H](C1)N2C=N[C@@H]1C(=O)N2[C@@H]1SC(C)(C)[C@@H]2C(=O)O. The molecule has 0 saturated carbocycles. The summed E-state index contributed by atoms with van der Waals surface area (Å²) in [5.74, 6) is -1.10. The molecule has 6 atom stereocenters. The highest BCUT2D eigenvalue weighted by atomic mass is 32.2. The van der Waals surface area contributed by atoms with E-state index in [9.17, 15) is 14.7 Å². The number of fused-ring (bicyclic) bond motifs is 3. The zero-order valence-electron chi connectivity index (χ0n) is 17.7. The van der Waals surface area contributed by atoms with E-state index in [1.807, 2.05) is 20.2 Å². The molecule has 2 bridgehead atoms. The van der Waals surface area contributed by atoms with Crippen LogP contribution in [0, 0.1) is 0 Å². The van der Waals surface area contributed by atoms with Crippen molar-refractivity contribution in [3.8, 4) is 0 Å². The molecule has 4 aliphatic rings. The molecule has 0 aromatic rings. The van der Waals surface area contributed by atoms with E-state index in [2.05, 4.69) is 28.9 Å². The Balaban J connectivity index is 1.35. The first-order valence-corrected chi connectivity index (χ1v) is 11.4. The molecular formula is C20H32N4O4S. The van der Waals surface area contributed by atoms with Crippen molar-refractivity contribution in [2.24, 2.45) is 4.99 Å². The molecule has 4 rings (SSSR count). The summed E-state index contributed by atoms with van der Waals surface area (Å²) in [7, 11) is 4.11. The van der Waals surface area contributed by atoms with Gasteiger partial charge >= 0.3 is 5.97 Å². The topological polar surface area (TPSA) is 85.7 Å². The number of rotatable bonds is 7. The number of thioether (sulfide) groups is 1. The fourth-order valence-electron chi connectivity index (χ4n) is 5.17. The van der Waals surface area contributed by atoms with Crippen LogP contribution in [0.4, 0.5) is 0 Å². The second-order valence-electron chi connectivity index (χ2n) is 9.41. The number of ether oxygens (including phenoxy) is 1. The van der Waals surface area contributed by atoms with E-state index < -0.39 is 22.8 Å². The van der Waals surface area contributed by atoms with Gasteiger partial charge in [0.05, 0.1) is 19.0 Å². The molecule has 0 aromatic carbocycles. The Hall–Kier alpha value is -1.32. The van der Waals surface area contributed by atoms with Crippen molar-refractivity contribution in [2.75, 3.05) is 27.2 Å². The maximum atomic E-state index is 12.6.